The van der Waals surface area contributed by atoms with Crippen LogP contribution in [0.5, 0.6) is 0 Å². The molecule has 2 atom stereocenters. The van der Waals surface area contributed by atoms with Crippen molar-refractivity contribution in [2.45, 2.75) is 25.7 Å². The highest BCUT2D eigenvalue weighted by atomic mass is 32.1. The molecule has 0 N–H and O–H groups in total. The maximum Gasteiger partial charge on any atom is 0.134 e. The van der Waals surface area contributed by atoms with E-state index in [4.69, 9.17) is 4.42 Å². The van der Waals surface area contributed by atoms with E-state index in [1.807, 2.05) is 23.5 Å². The number of hydrogen-bond donors (Lipinski definition) is 0. The van der Waals surface area contributed by atoms with Crippen LogP contribution in [0.4, 0.5) is 0 Å². The van der Waals surface area contributed by atoms with Crippen molar-refractivity contribution < 1.29 is 4.42 Å². The molecule has 0 bridgehead atoms. The summed E-state index contributed by atoms with van der Waals surface area (Å²) in [6.07, 6.45) is 0. The summed E-state index contributed by atoms with van der Waals surface area (Å²) in [4.78, 5) is 1.43. The van der Waals surface area contributed by atoms with Crippen molar-refractivity contribution in [1.29, 1.82) is 0 Å². The van der Waals surface area contributed by atoms with Crippen LogP contribution in [0.1, 0.15) is 36.3 Å². The number of hydrogen-bond acceptors (Lipinski definition) is 2. The highest BCUT2D eigenvalue weighted by Gasteiger charge is 2.21. The number of fused-ring (bicyclic) bond motifs is 2. The average Bonchev–Trinajstić information content (AvgIpc) is 3.16. The number of para-hydroxylation sites is 1. The first-order valence-corrected chi connectivity index (χ1v) is 8.51. The third-order valence-electron chi connectivity index (χ3n) is 4.54. The SMILES string of the molecule is CC(c1cc2ccccc2o1)C(C)c1cc2ccccc2s1. The van der Waals surface area contributed by atoms with Crippen molar-refractivity contribution in [3.8, 4) is 0 Å². The summed E-state index contributed by atoms with van der Waals surface area (Å²) in [5.41, 5.74) is 0.980. The van der Waals surface area contributed by atoms with E-state index in [1.54, 1.807) is 0 Å². The Morgan fingerprint density at radius 1 is 0.818 bits per heavy atom. The molecule has 0 saturated carbocycles. The van der Waals surface area contributed by atoms with Gasteiger partial charge in [-0.25, -0.2) is 0 Å². The smallest absolute Gasteiger partial charge is 0.134 e. The Bertz CT molecular complexity index is 787. The number of benzene rings is 2. The molecule has 2 aromatic heterocycles. The van der Waals surface area contributed by atoms with Gasteiger partial charge in [0.1, 0.15) is 11.3 Å². The molecule has 0 spiro atoms. The Morgan fingerprint density at radius 2 is 1.55 bits per heavy atom. The van der Waals surface area contributed by atoms with Crippen LogP contribution >= 0.6 is 11.3 Å². The molecule has 2 heteroatoms. The van der Waals surface area contributed by atoms with E-state index in [0.29, 0.717) is 11.8 Å². The molecule has 0 saturated heterocycles. The average molecular weight is 306 g/mol. The van der Waals surface area contributed by atoms with Crippen molar-refractivity contribution in [3.63, 3.8) is 0 Å². The molecule has 2 heterocycles. The molecule has 0 aliphatic heterocycles. The zero-order valence-electron chi connectivity index (χ0n) is 12.7. The Morgan fingerprint density at radius 3 is 2.32 bits per heavy atom. The first-order valence-electron chi connectivity index (χ1n) is 7.69. The second-order valence-electron chi connectivity index (χ2n) is 5.95. The van der Waals surface area contributed by atoms with Crippen LogP contribution in [-0.4, -0.2) is 0 Å². The minimum absolute atomic E-state index is 0.362. The summed E-state index contributed by atoms with van der Waals surface area (Å²) in [7, 11) is 0. The number of rotatable bonds is 3. The molecule has 4 aromatic rings. The fourth-order valence-electron chi connectivity index (χ4n) is 2.95. The maximum atomic E-state index is 6.05. The van der Waals surface area contributed by atoms with Crippen molar-refractivity contribution in [3.05, 3.63) is 71.3 Å². The van der Waals surface area contributed by atoms with Gasteiger partial charge in [-0.3, -0.25) is 0 Å². The first-order chi connectivity index (χ1) is 10.7. The maximum absolute atomic E-state index is 6.05. The summed E-state index contributed by atoms with van der Waals surface area (Å²) in [5, 5.41) is 2.53. The van der Waals surface area contributed by atoms with Gasteiger partial charge in [-0.2, -0.15) is 0 Å². The van der Waals surface area contributed by atoms with Crippen molar-refractivity contribution >= 4 is 32.4 Å². The standard InChI is InChI=1S/C20H18OS/c1-13(18-11-15-7-3-5-9-17(15)21-18)14(2)20-12-16-8-4-6-10-19(16)22-20/h3-14H,1-2H3. The van der Waals surface area contributed by atoms with Gasteiger partial charge in [0.15, 0.2) is 0 Å². The molecule has 1 nitrogen and oxygen atoms in total. The van der Waals surface area contributed by atoms with Gasteiger partial charge >= 0.3 is 0 Å². The third-order valence-corrected chi connectivity index (χ3v) is 5.85. The molecule has 0 radical (unpaired) electrons. The minimum Gasteiger partial charge on any atom is -0.461 e. The Labute approximate surface area is 134 Å². The van der Waals surface area contributed by atoms with Gasteiger partial charge in [0.25, 0.3) is 0 Å². The molecule has 2 unspecified atom stereocenters. The van der Waals surface area contributed by atoms with Gasteiger partial charge in [-0.1, -0.05) is 50.2 Å². The van der Waals surface area contributed by atoms with E-state index < -0.39 is 0 Å². The van der Waals surface area contributed by atoms with Gasteiger partial charge in [-0.15, -0.1) is 11.3 Å². The zero-order valence-corrected chi connectivity index (χ0v) is 13.6. The Kier molecular flexibility index (Phi) is 3.27. The summed E-state index contributed by atoms with van der Waals surface area (Å²) >= 11 is 1.89. The van der Waals surface area contributed by atoms with Crippen LogP contribution in [0.2, 0.25) is 0 Å². The van der Waals surface area contributed by atoms with Crippen LogP contribution in [0.3, 0.4) is 0 Å². The van der Waals surface area contributed by atoms with E-state index in [-0.39, 0.29) is 0 Å². The molecule has 0 aliphatic rings. The second-order valence-corrected chi connectivity index (χ2v) is 7.07. The predicted octanol–water partition coefficient (Wildman–Crippen LogP) is 6.55. The van der Waals surface area contributed by atoms with E-state index in [1.165, 1.54) is 20.3 Å². The number of furan rings is 1. The largest absolute Gasteiger partial charge is 0.461 e. The van der Waals surface area contributed by atoms with E-state index >= 15 is 0 Å². The molecule has 0 aliphatic carbocycles. The summed E-state index contributed by atoms with van der Waals surface area (Å²) in [6.45, 7) is 4.55. The Hall–Kier alpha value is -2.06. The molecule has 22 heavy (non-hydrogen) atoms. The van der Waals surface area contributed by atoms with E-state index in [0.717, 1.165) is 11.3 Å². The molecule has 4 rings (SSSR count). The van der Waals surface area contributed by atoms with Crippen LogP contribution in [-0.2, 0) is 0 Å². The quantitative estimate of drug-likeness (QED) is 0.418. The summed E-state index contributed by atoms with van der Waals surface area (Å²) in [6, 6.07) is 21.3. The summed E-state index contributed by atoms with van der Waals surface area (Å²) in [5.74, 6) is 1.88. The minimum atomic E-state index is 0.362. The van der Waals surface area contributed by atoms with Crippen LogP contribution in [0.15, 0.2) is 65.1 Å². The van der Waals surface area contributed by atoms with Crippen LogP contribution in [0, 0.1) is 0 Å². The van der Waals surface area contributed by atoms with Gasteiger partial charge in [0.05, 0.1) is 0 Å². The normalized spacial score (nSPS) is 14.5. The van der Waals surface area contributed by atoms with E-state index in [2.05, 4.69) is 62.4 Å². The monoisotopic (exact) mass is 306 g/mol. The van der Waals surface area contributed by atoms with Crippen molar-refractivity contribution in [2.75, 3.05) is 0 Å². The fraction of sp³-hybridized carbons (Fsp3) is 0.200. The van der Waals surface area contributed by atoms with Gasteiger partial charge < -0.3 is 4.42 Å². The topological polar surface area (TPSA) is 13.1 Å². The highest BCUT2D eigenvalue weighted by Crippen LogP contribution is 2.39. The van der Waals surface area contributed by atoms with Crippen molar-refractivity contribution in [1.82, 2.24) is 0 Å². The predicted molar refractivity (Wildman–Crippen MR) is 94.9 cm³/mol. The van der Waals surface area contributed by atoms with Crippen LogP contribution in [0.25, 0.3) is 21.1 Å². The second kappa shape index (κ2) is 5.29. The number of thiophene rings is 1. The molecule has 110 valence electrons. The fourth-order valence-corrected chi connectivity index (χ4v) is 4.17. The Balaban J connectivity index is 1.70. The van der Waals surface area contributed by atoms with Gasteiger partial charge in [0.2, 0.25) is 0 Å². The molecular formula is C20H18OS. The molecule has 0 fully saturated rings. The lowest BCUT2D eigenvalue weighted by atomic mass is 9.92. The first kappa shape index (κ1) is 13.6. The molecule has 0 amide bonds. The lowest BCUT2D eigenvalue weighted by Gasteiger charge is -2.16. The van der Waals surface area contributed by atoms with Crippen molar-refractivity contribution in [2.24, 2.45) is 0 Å². The van der Waals surface area contributed by atoms with Gasteiger partial charge in [0, 0.05) is 26.8 Å². The summed E-state index contributed by atoms with van der Waals surface area (Å²) < 4.78 is 7.41. The highest BCUT2D eigenvalue weighted by molar-refractivity contribution is 7.19. The lowest BCUT2D eigenvalue weighted by Crippen LogP contribution is -2.01. The van der Waals surface area contributed by atoms with Crippen LogP contribution < -0.4 is 0 Å². The van der Waals surface area contributed by atoms with Gasteiger partial charge in [-0.05, 0) is 29.7 Å². The zero-order chi connectivity index (χ0) is 15.1. The lowest BCUT2D eigenvalue weighted by molar-refractivity contribution is 0.473. The van der Waals surface area contributed by atoms with E-state index in [9.17, 15) is 0 Å². The molecular weight excluding hydrogens is 288 g/mol. The third kappa shape index (κ3) is 2.24. The molecule has 2 aromatic carbocycles.